The van der Waals surface area contributed by atoms with Crippen molar-refractivity contribution in [3.8, 4) is 22.5 Å². The lowest BCUT2D eigenvalue weighted by Gasteiger charge is -2.24. The van der Waals surface area contributed by atoms with Gasteiger partial charge in [0.25, 0.3) is 22.6 Å². The molecule has 10 aromatic carbocycles. The number of imidazole rings is 4. The summed E-state index contributed by atoms with van der Waals surface area (Å²) in [5.41, 5.74) is 48.4. The largest absolute Gasteiger partial charge is 0.297 e. The molecule has 0 saturated heterocycles. The zero-order chi connectivity index (χ0) is 96.1. The van der Waals surface area contributed by atoms with E-state index in [9.17, 15) is 0 Å². The highest BCUT2D eigenvalue weighted by Gasteiger charge is 2.37. The first kappa shape index (κ1) is 90.5. The average Bonchev–Trinajstić information content (AvgIpc) is 1.14. The molecule has 0 amide bonds. The predicted octanol–water partition coefficient (Wildman–Crippen LogP) is 31.5. The Hall–Kier alpha value is -13.3. The zero-order valence-electron chi connectivity index (χ0n) is 85.5. The van der Waals surface area contributed by atoms with Gasteiger partial charge in [-0.1, -0.05) is 252 Å². The fourth-order valence-electron chi connectivity index (χ4n) is 26.7. The van der Waals surface area contributed by atoms with E-state index in [1.54, 1.807) is 0 Å². The molecule has 0 atom stereocenters. The molecule has 22 aromatic rings. The van der Waals surface area contributed by atoms with Crippen molar-refractivity contribution in [2.75, 3.05) is 0 Å². The molecule has 12 heteroatoms. The van der Waals surface area contributed by atoms with Gasteiger partial charge in [-0.05, 0) is 305 Å². The molecule has 12 heterocycles. The molecule has 0 radical (unpaired) electrons. The molecule has 0 N–H and O–H groups in total. The number of rotatable bonds is 9. The Kier molecular flexibility index (Phi) is 23.5. The van der Waals surface area contributed by atoms with Crippen LogP contribution in [0.3, 0.4) is 0 Å². The topological polar surface area (TPSA) is 84.7 Å². The molecular weight excluding hydrogens is 1710 g/mol. The average molecular weight is 1840 g/mol. The quantitative estimate of drug-likeness (QED) is 0.106. The normalized spacial score (nSPS) is 15.3. The van der Waals surface area contributed by atoms with Gasteiger partial charge in [-0.3, -0.25) is 9.97 Å². The lowest BCUT2D eigenvalue weighted by Crippen LogP contribution is -2.27. The number of benzene rings is 10. The number of para-hydroxylation sites is 8. The van der Waals surface area contributed by atoms with Crippen molar-refractivity contribution in [2.45, 2.75) is 260 Å². The lowest BCUT2D eigenvalue weighted by molar-refractivity contribution is -0.617. The van der Waals surface area contributed by atoms with Crippen molar-refractivity contribution in [3.63, 3.8) is 0 Å². The van der Waals surface area contributed by atoms with Crippen molar-refractivity contribution in [2.24, 2.45) is 28.2 Å². The van der Waals surface area contributed by atoms with Gasteiger partial charge in [0.2, 0.25) is 0 Å². The van der Waals surface area contributed by atoms with Crippen LogP contribution in [-0.2, 0) is 28.2 Å². The number of pyridine rings is 8. The fourth-order valence-corrected chi connectivity index (χ4v) is 26.7. The van der Waals surface area contributed by atoms with Crippen molar-refractivity contribution in [1.29, 1.82) is 0 Å². The molecule has 4 aliphatic rings. The maximum absolute atomic E-state index is 5.71. The molecule has 4 saturated carbocycles. The second kappa shape index (κ2) is 36.4. The molecule has 26 rings (SSSR count). The van der Waals surface area contributed by atoms with Crippen LogP contribution in [-0.4, -0.2) is 37.5 Å². The Morgan fingerprint density at radius 1 is 0.243 bits per heavy atom. The first-order valence-electron chi connectivity index (χ1n) is 52.9. The summed E-state index contributed by atoms with van der Waals surface area (Å²) >= 11 is 0. The van der Waals surface area contributed by atoms with Gasteiger partial charge in [-0.25, -0.2) is 28.2 Å². The lowest BCUT2D eigenvalue weighted by atomic mass is 9.82. The minimum absolute atomic E-state index is 0.408. The number of aromatic nitrogens is 12. The summed E-state index contributed by atoms with van der Waals surface area (Å²) in [4.78, 5) is 21.8. The molecule has 0 spiro atoms. The van der Waals surface area contributed by atoms with Crippen LogP contribution in [0.25, 0.3) is 176 Å². The smallest absolute Gasteiger partial charge is 0.252 e. The molecule has 4 aliphatic carbocycles. The van der Waals surface area contributed by atoms with Gasteiger partial charge in [-0.2, -0.15) is 17.6 Å². The van der Waals surface area contributed by atoms with Crippen LogP contribution in [0.1, 0.15) is 290 Å². The Labute approximate surface area is 823 Å². The van der Waals surface area contributed by atoms with Gasteiger partial charge in [0.1, 0.15) is 22.1 Å². The maximum Gasteiger partial charge on any atom is 0.297 e. The summed E-state index contributed by atoms with van der Waals surface area (Å²) in [5.74, 6) is 3.71. The van der Waals surface area contributed by atoms with E-state index in [1.165, 1.54) is 355 Å². The van der Waals surface area contributed by atoms with Gasteiger partial charge in [0, 0.05) is 22.5 Å². The van der Waals surface area contributed by atoms with E-state index < -0.39 is 0 Å². The second-order valence-corrected chi connectivity index (χ2v) is 43.2. The first-order valence-corrected chi connectivity index (χ1v) is 52.9. The van der Waals surface area contributed by atoms with Crippen molar-refractivity contribution in [1.82, 2.24) is 37.5 Å². The third-order valence-electron chi connectivity index (χ3n) is 33.3. The van der Waals surface area contributed by atoms with Crippen LogP contribution in [0.2, 0.25) is 0 Å². The van der Waals surface area contributed by atoms with E-state index in [-0.39, 0.29) is 0 Å². The van der Waals surface area contributed by atoms with Crippen LogP contribution >= 0.6 is 0 Å². The molecule has 12 aromatic heterocycles. The van der Waals surface area contributed by atoms with E-state index >= 15 is 0 Å². The van der Waals surface area contributed by atoms with E-state index in [0.29, 0.717) is 41.4 Å². The summed E-state index contributed by atoms with van der Waals surface area (Å²) in [6.07, 6.45) is 26.4. The molecule has 0 bridgehead atoms. The summed E-state index contributed by atoms with van der Waals surface area (Å²) in [6.45, 7) is 29.4. The molecule has 0 unspecified atom stereocenters. The standard InChI is InChI=1S/C38H42N3.C34H34N3.C29H32N3.C27H28N3/c1-23(2)27-16-12-17-28(24(3)4)35(27)30-22-25(5)34-37(39-30)36-29(26-14-8-7-9-15-26)18-13-21-33(36)41-32-20-11-10-19-31(32)40(6)38(34)41;1-21-12-10-13-22(2)30(21)26-20-23(3)31-33(35-26)32-25(24-14-6-5-7-15-24)16-11-19-29(32)37-28-18-9-8-17-27(28)36(4)34(31)37;1-18(2)22-17-19(3)26-28(30-22)27-21(20-11-6-5-7-12-20)13-10-16-25(27)32-24-15-9-8-14-23(24)31(4)29(26)32;1-17-16-18(2)28-26-24(17)27-29(3)21-13-7-8-14-22(21)30(27)23-15-9-12-20(25(23)26)19-10-5-4-6-11-19/h10-13,16-24,26H,7-9,14-15H2,1-6H3;8-13,16-20,24H,5-7,14-15H2,1-4H3;8-10,13-18,20H,5-7,11-12H2,1-4H3;7-9,12-16,19H,4-6,10-11H2,1-3H3/q4*+1. The van der Waals surface area contributed by atoms with Gasteiger partial charge < -0.3 is 0 Å². The van der Waals surface area contributed by atoms with E-state index in [0.717, 1.165) is 28.1 Å². The van der Waals surface area contributed by atoms with Crippen LogP contribution in [0, 0.1) is 48.5 Å². The van der Waals surface area contributed by atoms with Gasteiger partial charge in [0.15, 0.2) is 44.1 Å². The van der Waals surface area contributed by atoms with Crippen LogP contribution in [0.5, 0.6) is 0 Å². The highest BCUT2D eigenvalue weighted by atomic mass is 15.1. The number of hydrogen-bond donors (Lipinski definition) is 0. The SMILES string of the molecule is Cc1cc(-c2c(C(C)C)cccc2C(C)C)nc2c3c(C4CCCCC4)cccc3n3c4ccccc4[n+](C)c3c12.Cc1cc(C(C)C)nc2c3c(C4CCCCC4)cccc3n3c4ccccc4[n+](C)c3c12.Cc1cc(C)c2c(n1)c1c(C3CCCCC3)cccc1n1c3ccccc3[n+](C)c21.Cc1cccc(C)c1-c1cc(C)c2c(n1)c1c(C3CCCCC3)cccc1n1c3ccccc3[n+](C)c21. The van der Waals surface area contributed by atoms with Crippen molar-refractivity contribution in [3.05, 3.63) is 309 Å². The Morgan fingerprint density at radius 3 is 0.821 bits per heavy atom. The summed E-state index contributed by atoms with van der Waals surface area (Å²) in [5, 5.41) is 10.5. The van der Waals surface area contributed by atoms with E-state index in [4.69, 9.17) is 19.9 Å². The van der Waals surface area contributed by atoms with Crippen molar-refractivity contribution >= 4 is 154 Å². The Bertz CT molecular complexity index is 8740. The number of nitrogens with zero attached hydrogens (tertiary/aromatic N) is 12. The highest BCUT2D eigenvalue weighted by molar-refractivity contribution is 6.18. The van der Waals surface area contributed by atoms with Crippen LogP contribution in [0.4, 0.5) is 0 Å². The first-order chi connectivity index (χ1) is 68.1. The number of aryl methyl sites for hydroxylation is 11. The summed E-state index contributed by atoms with van der Waals surface area (Å²) in [7, 11) is 8.80. The molecule has 12 nitrogen and oxygen atoms in total. The Balaban J connectivity index is 0.000000105. The number of hydrogen-bond acceptors (Lipinski definition) is 4. The van der Waals surface area contributed by atoms with Crippen LogP contribution in [0.15, 0.2) is 231 Å². The Morgan fingerprint density at radius 2 is 0.507 bits per heavy atom. The monoisotopic (exact) mass is 1840 g/mol. The third-order valence-corrected chi connectivity index (χ3v) is 33.3. The van der Waals surface area contributed by atoms with E-state index in [2.05, 4.69) is 385 Å². The highest BCUT2D eigenvalue weighted by Crippen LogP contribution is 2.50. The molecule has 140 heavy (non-hydrogen) atoms. The molecule has 4 fully saturated rings. The van der Waals surface area contributed by atoms with Gasteiger partial charge in [0.05, 0.1) is 105 Å². The maximum atomic E-state index is 5.71. The minimum atomic E-state index is 0.408. The van der Waals surface area contributed by atoms with Crippen LogP contribution < -0.4 is 18.3 Å². The van der Waals surface area contributed by atoms with E-state index in [1.807, 2.05) is 0 Å². The summed E-state index contributed by atoms with van der Waals surface area (Å²) < 4.78 is 19.4. The van der Waals surface area contributed by atoms with Gasteiger partial charge in [-0.15, -0.1) is 0 Å². The second-order valence-electron chi connectivity index (χ2n) is 43.2. The summed E-state index contributed by atoms with van der Waals surface area (Å²) in [6, 6.07) is 85.6. The minimum Gasteiger partial charge on any atom is -0.252 e. The fraction of sp³-hybridized carbons (Fsp3) is 0.344. The van der Waals surface area contributed by atoms with Crippen molar-refractivity contribution < 1.29 is 18.3 Å². The van der Waals surface area contributed by atoms with Gasteiger partial charge >= 0.3 is 0 Å². The number of fused-ring (bicyclic) bond motifs is 32. The zero-order valence-corrected chi connectivity index (χ0v) is 85.5. The predicted molar refractivity (Wildman–Crippen MR) is 585 cm³/mol. The molecule has 0 aliphatic heterocycles. The third kappa shape index (κ3) is 14.8. The molecular formula is C128H136N12+4. The molecule has 704 valence electrons.